The summed E-state index contributed by atoms with van der Waals surface area (Å²) >= 11 is 0. The molecule has 0 bridgehead atoms. The molecule has 1 saturated carbocycles. The van der Waals surface area contributed by atoms with E-state index < -0.39 is 11.6 Å². The number of hydrazine groups is 1. The summed E-state index contributed by atoms with van der Waals surface area (Å²) in [6, 6.07) is 4.38. The van der Waals surface area contributed by atoms with Crippen LogP contribution in [0.5, 0.6) is 0 Å². The van der Waals surface area contributed by atoms with Crippen LogP contribution in [0.15, 0.2) is 23.2 Å². The molecule has 0 atom stereocenters. The topological polar surface area (TPSA) is 50.4 Å². The van der Waals surface area contributed by atoms with Crippen molar-refractivity contribution in [2.45, 2.75) is 25.3 Å². The largest absolute Gasteiger partial charge is 0.312 e. The van der Waals surface area contributed by atoms with Gasteiger partial charge in [-0.3, -0.25) is 4.99 Å². The summed E-state index contributed by atoms with van der Waals surface area (Å²) in [7, 11) is 0. The van der Waals surface area contributed by atoms with Crippen LogP contribution in [0.3, 0.4) is 0 Å². The van der Waals surface area contributed by atoms with E-state index in [1.165, 1.54) is 12.1 Å². The number of nitrogens with one attached hydrogen (secondary N) is 1. The summed E-state index contributed by atoms with van der Waals surface area (Å²) in [6.45, 7) is 0. The zero-order chi connectivity index (χ0) is 11.5. The lowest BCUT2D eigenvalue weighted by Gasteiger charge is -2.07. The Morgan fingerprint density at radius 3 is 2.81 bits per heavy atom. The minimum absolute atomic E-state index is 0.191. The number of halogens is 2. The number of hydrogen-bond acceptors (Lipinski definition) is 2. The van der Waals surface area contributed by atoms with Crippen molar-refractivity contribution in [3.8, 4) is 0 Å². The van der Waals surface area contributed by atoms with Gasteiger partial charge in [-0.1, -0.05) is 12.1 Å². The van der Waals surface area contributed by atoms with Crippen LogP contribution in [0.2, 0.25) is 0 Å². The number of nitrogens with two attached hydrogens (primary N) is 1. The van der Waals surface area contributed by atoms with E-state index in [-0.39, 0.29) is 12.0 Å². The fourth-order valence-electron chi connectivity index (χ4n) is 1.42. The molecule has 0 amide bonds. The highest BCUT2D eigenvalue weighted by atomic mass is 19.2. The number of nitrogens with zero attached hydrogens (tertiary/aromatic N) is 1. The minimum Gasteiger partial charge on any atom is -0.312 e. The quantitative estimate of drug-likeness (QED) is 0.355. The third-order valence-corrected chi connectivity index (χ3v) is 2.44. The van der Waals surface area contributed by atoms with Crippen LogP contribution in [0.4, 0.5) is 8.78 Å². The summed E-state index contributed by atoms with van der Waals surface area (Å²) in [5.41, 5.74) is 2.69. The predicted molar refractivity (Wildman–Crippen MR) is 57.8 cm³/mol. The molecule has 0 aliphatic heterocycles. The lowest BCUT2D eigenvalue weighted by molar-refractivity contribution is 0.501. The zero-order valence-corrected chi connectivity index (χ0v) is 8.71. The van der Waals surface area contributed by atoms with Crippen molar-refractivity contribution in [1.29, 1.82) is 0 Å². The van der Waals surface area contributed by atoms with Gasteiger partial charge in [0.05, 0.1) is 6.04 Å². The Morgan fingerprint density at radius 1 is 1.44 bits per heavy atom. The number of hydrogen-bond donors (Lipinski definition) is 2. The summed E-state index contributed by atoms with van der Waals surface area (Å²) in [4.78, 5) is 4.26. The van der Waals surface area contributed by atoms with Crippen molar-refractivity contribution in [3.05, 3.63) is 35.4 Å². The van der Waals surface area contributed by atoms with Gasteiger partial charge in [-0.2, -0.15) is 0 Å². The summed E-state index contributed by atoms with van der Waals surface area (Å²) < 4.78 is 26.3. The Morgan fingerprint density at radius 2 is 2.19 bits per heavy atom. The fraction of sp³-hybridized carbons (Fsp3) is 0.364. The Hall–Kier alpha value is -1.49. The molecular weight excluding hydrogens is 212 g/mol. The molecule has 0 saturated heterocycles. The third kappa shape index (κ3) is 2.55. The first-order valence-corrected chi connectivity index (χ1v) is 5.17. The van der Waals surface area contributed by atoms with Crippen LogP contribution >= 0.6 is 0 Å². The maximum absolute atomic E-state index is 13.4. The molecule has 1 fully saturated rings. The van der Waals surface area contributed by atoms with Crippen molar-refractivity contribution < 1.29 is 8.78 Å². The van der Waals surface area contributed by atoms with E-state index in [0.717, 1.165) is 18.9 Å². The number of aliphatic imine (C=N–C) groups is 1. The van der Waals surface area contributed by atoms with Gasteiger partial charge in [0.1, 0.15) is 5.84 Å². The molecule has 0 heterocycles. The van der Waals surface area contributed by atoms with Crippen LogP contribution in [-0.4, -0.2) is 11.9 Å². The van der Waals surface area contributed by atoms with Gasteiger partial charge in [-0.25, -0.2) is 14.6 Å². The molecule has 1 aliphatic rings. The van der Waals surface area contributed by atoms with E-state index in [2.05, 4.69) is 10.4 Å². The third-order valence-electron chi connectivity index (χ3n) is 2.44. The van der Waals surface area contributed by atoms with Crippen molar-refractivity contribution in [3.63, 3.8) is 0 Å². The van der Waals surface area contributed by atoms with Crippen molar-refractivity contribution >= 4 is 5.84 Å². The second-order valence-electron chi connectivity index (χ2n) is 3.84. The molecule has 0 unspecified atom stereocenters. The molecular formula is C11H13F2N3. The fourth-order valence-corrected chi connectivity index (χ4v) is 1.42. The molecule has 2 rings (SSSR count). The second kappa shape index (κ2) is 4.57. The average molecular weight is 225 g/mol. The lowest BCUT2D eigenvalue weighted by atomic mass is 10.1. The minimum atomic E-state index is -0.847. The highest BCUT2D eigenvalue weighted by Crippen LogP contribution is 2.23. The summed E-state index contributed by atoms with van der Waals surface area (Å²) in [5.74, 6) is 4.10. The van der Waals surface area contributed by atoms with Gasteiger partial charge in [0, 0.05) is 6.42 Å². The zero-order valence-electron chi connectivity index (χ0n) is 8.71. The van der Waals surface area contributed by atoms with Gasteiger partial charge in [0.25, 0.3) is 0 Å². The van der Waals surface area contributed by atoms with E-state index in [1.54, 1.807) is 0 Å². The van der Waals surface area contributed by atoms with E-state index in [1.807, 2.05) is 0 Å². The molecule has 1 aliphatic carbocycles. The van der Waals surface area contributed by atoms with Gasteiger partial charge in [-0.15, -0.1) is 0 Å². The molecule has 0 radical (unpaired) electrons. The van der Waals surface area contributed by atoms with Crippen LogP contribution in [0.1, 0.15) is 18.4 Å². The first-order valence-electron chi connectivity index (χ1n) is 5.17. The van der Waals surface area contributed by atoms with E-state index in [4.69, 9.17) is 5.84 Å². The molecule has 86 valence electrons. The van der Waals surface area contributed by atoms with E-state index in [9.17, 15) is 8.78 Å². The van der Waals surface area contributed by atoms with Gasteiger partial charge in [0.2, 0.25) is 0 Å². The Kier molecular flexibility index (Phi) is 3.14. The molecule has 3 N–H and O–H groups in total. The predicted octanol–water partition coefficient (Wildman–Crippen LogP) is 1.53. The molecule has 1 aromatic rings. The number of benzene rings is 1. The van der Waals surface area contributed by atoms with Crippen LogP contribution < -0.4 is 11.3 Å². The molecule has 0 aromatic heterocycles. The smallest absolute Gasteiger partial charge is 0.162 e. The standard InChI is InChI=1S/C11H13F2N3/c12-9-3-1-2-7(11(9)13)6-10(16-14)15-8-4-5-8/h1-3,8H,4-6,14H2,(H,15,16). The molecule has 16 heavy (non-hydrogen) atoms. The van der Waals surface area contributed by atoms with Crippen molar-refractivity contribution in [2.75, 3.05) is 0 Å². The maximum Gasteiger partial charge on any atom is 0.162 e. The van der Waals surface area contributed by atoms with Gasteiger partial charge < -0.3 is 5.43 Å². The van der Waals surface area contributed by atoms with Gasteiger partial charge in [0.15, 0.2) is 11.6 Å². The normalized spacial score (nSPS) is 16.3. The lowest BCUT2D eigenvalue weighted by Crippen LogP contribution is -2.32. The van der Waals surface area contributed by atoms with Gasteiger partial charge >= 0.3 is 0 Å². The van der Waals surface area contributed by atoms with Crippen LogP contribution in [0, 0.1) is 11.6 Å². The maximum atomic E-state index is 13.4. The second-order valence-corrected chi connectivity index (χ2v) is 3.84. The highest BCUT2D eigenvalue weighted by Gasteiger charge is 2.21. The Labute approximate surface area is 92.3 Å². The SMILES string of the molecule is NNC(Cc1cccc(F)c1F)=NC1CC1. The first-order chi connectivity index (χ1) is 7.70. The molecule has 3 nitrogen and oxygen atoms in total. The van der Waals surface area contributed by atoms with Crippen LogP contribution in [-0.2, 0) is 6.42 Å². The van der Waals surface area contributed by atoms with Crippen molar-refractivity contribution in [1.82, 2.24) is 5.43 Å². The molecule has 5 heteroatoms. The number of amidine groups is 1. The first kappa shape index (κ1) is 11.0. The monoisotopic (exact) mass is 225 g/mol. The van der Waals surface area contributed by atoms with Gasteiger partial charge in [-0.05, 0) is 24.5 Å². The Balaban J connectivity index is 2.15. The van der Waals surface area contributed by atoms with E-state index in [0.29, 0.717) is 11.9 Å². The van der Waals surface area contributed by atoms with E-state index >= 15 is 0 Å². The number of rotatable bonds is 3. The van der Waals surface area contributed by atoms with Crippen LogP contribution in [0.25, 0.3) is 0 Å². The molecule has 0 spiro atoms. The summed E-state index contributed by atoms with van der Waals surface area (Å²) in [6.07, 6.45) is 2.27. The average Bonchev–Trinajstić information content (AvgIpc) is 3.07. The molecule has 1 aromatic carbocycles. The van der Waals surface area contributed by atoms with Crippen molar-refractivity contribution in [2.24, 2.45) is 10.8 Å². The summed E-state index contributed by atoms with van der Waals surface area (Å²) in [5, 5.41) is 0. The Bertz CT molecular complexity index is 414. The highest BCUT2D eigenvalue weighted by molar-refractivity contribution is 5.84.